The quantitative estimate of drug-likeness (QED) is 0.689. The summed E-state index contributed by atoms with van der Waals surface area (Å²) in [6, 6.07) is 3.32. The molecule has 20 heavy (non-hydrogen) atoms. The van der Waals surface area contributed by atoms with Gasteiger partial charge in [-0.05, 0) is 13.0 Å². The van der Waals surface area contributed by atoms with Crippen molar-refractivity contribution in [3.63, 3.8) is 0 Å². The topological polar surface area (TPSA) is 73.0 Å². The van der Waals surface area contributed by atoms with Crippen LogP contribution in [-0.4, -0.2) is 14.7 Å². The molecule has 0 radical (unpaired) electrons. The van der Waals surface area contributed by atoms with Crippen LogP contribution in [0.3, 0.4) is 0 Å². The van der Waals surface area contributed by atoms with E-state index >= 15 is 0 Å². The minimum absolute atomic E-state index is 0.127. The number of hydrogen-bond donors (Lipinski definition) is 1. The van der Waals surface area contributed by atoms with Crippen LogP contribution in [0.1, 0.15) is 17.7 Å². The maximum absolute atomic E-state index is 13.0. The summed E-state index contributed by atoms with van der Waals surface area (Å²) in [6.45, 7) is 1.73. The van der Waals surface area contributed by atoms with Gasteiger partial charge in [-0.3, -0.25) is 14.8 Å². The summed E-state index contributed by atoms with van der Waals surface area (Å²) >= 11 is 0. The molecule has 0 spiro atoms. The lowest BCUT2D eigenvalue weighted by Crippen LogP contribution is -1.99. The molecule has 2 aromatic rings. The molecule has 1 aromatic heterocycles. The molecule has 0 aliphatic heterocycles. The van der Waals surface area contributed by atoms with Gasteiger partial charge in [-0.1, -0.05) is 0 Å². The Balaban J connectivity index is 2.41. The molecule has 0 saturated heterocycles. The third-order valence-corrected chi connectivity index (χ3v) is 2.76. The van der Waals surface area contributed by atoms with Gasteiger partial charge in [0.2, 0.25) is 0 Å². The van der Waals surface area contributed by atoms with E-state index in [0.717, 1.165) is 6.07 Å². The van der Waals surface area contributed by atoms with Gasteiger partial charge in [0, 0.05) is 36.6 Å². The molecule has 1 aromatic carbocycles. The van der Waals surface area contributed by atoms with E-state index in [0.29, 0.717) is 11.4 Å². The molecule has 0 bridgehead atoms. The number of non-ortho nitro benzene ring substituents is 1. The minimum atomic E-state index is -2.81. The van der Waals surface area contributed by atoms with Crippen molar-refractivity contribution < 1.29 is 13.7 Å². The Morgan fingerprint density at radius 1 is 1.40 bits per heavy atom. The van der Waals surface area contributed by atoms with E-state index in [2.05, 4.69) is 10.4 Å². The Morgan fingerprint density at radius 3 is 2.60 bits per heavy atom. The van der Waals surface area contributed by atoms with Crippen LogP contribution in [0, 0.1) is 17.0 Å². The fourth-order valence-corrected chi connectivity index (χ4v) is 1.83. The van der Waals surface area contributed by atoms with Crippen molar-refractivity contribution in [2.24, 2.45) is 7.05 Å². The predicted molar refractivity (Wildman–Crippen MR) is 69.3 cm³/mol. The van der Waals surface area contributed by atoms with Crippen LogP contribution in [0.15, 0.2) is 24.4 Å². The Kier molecular flexibility index (Phi) is 3.64. The summed E-state index contributed by atoms with van der Waals surface area (Å²) in [6.07, 6.45) is -1.17. The molecule has 0 aliphatic carbocycles. The standard InChI is InChI=1S/C12H12F2N4O2/c1-7-11(6-17(2)16-7)15-10-4-3-8(18(19)20)5-9(10)12(13)14/h3-6,12,15H,1-2H3. The van der Waals surface area contributed by atoms with Gasteiger partial charge in [0.25, 0.3) is 12.1 Å². The van der Waals surface area contributed by atoms with Gasteiger partial charge < -0.3 is 5.32 Å². The number of anilines is 2. The number of nitrogens with one attached hydrogen (secondary N) is 1. The summed E-state index contributed by atoms with van der Waals surface area (Å²) in [7, 11) is 1.71. The van der Waals surface area contributed by atoms with Gasteiger partial charge in [0.15, 0.2) is 0 Å². The second kappa shape index (κ2) is 5.24. The van der Waals surface area contributed by atoms with Crippen LogP contribution >= 0.6 is 0 Å². The molecule has 0 atom stereocenters. The number of hydrogen-bond acceptors (Lipinski definition) is 4. The first kappa shape index (κ1) is 13.9. The first-order valence-corrected chi connectivity index (χ1v) is 5.72. The number of alkyl halides is 2. The molecule has 1 heterocycles. The van der Waals surface area contributed by atoms with Crippen LogP contribution in [0.5, 0.6) is 0 Å². The van der Waals surface area contributed by atoms with Gasteiger partial charge in [-0.25, -0.2) is 8.78 Å². The monoisotopic (exact) mass is 282 g/mol. The summed E-state index contributed by atoms with van der Waals surface area (Å²) in [5, 5.41) is 17.5. The third-order valence-electron chi connectivity index (χ3n) is 2.76. The first-order valence-electron chi connectivity index (χ1n) is 5.72. The van der Waals surface area contributed by atoms with Crippen LogP contribution in [0.25, 0.3) is 0 Å². The van der Waals surface area contributed by atoms with E-state index in [1.54, 1.807) is 24.9 Å². The Labute approximate surface area is 113 Å². The van der Waals surface area contributed by atoms with E-state index in [-0.39, 0.29) is 11.4 Å². The molecule has 1 N–H and O–H groups in total. The van der Waals surface area contributed by atoms with Crippen LogP contribution in [0.2, 0.25) is 0 Å². The highest BCUT2D eigenvalue weighted by Crippen LogP contribution is 2.33. The molecule has 0 aliphatic rings. The lowest BCUT2D eigenvalue weighted by atomic mass is 10.1. The van der Waals surface area contributed by atoms with E-state index in [1.165, 1.54) is 12.1 Å². The highest BCUT2D eigenvalue weighted by molar-refractivity contribution is 5.66. The zero-order valence-corrected chi connectivity index (χ0v) is 10.8. The summed E-state index contributed by atoms with van der Waals surface area (Å²) in [5.41, 5.74) is 0.562. The molecule has 0 unspecified atom stereocenters. The molecule has 0 amide bonds. The van der Waals surface area contributed by atoms with Gasteiger partial charge in [-0.15, -0.1) is 0 Å². The van der Waals surface area contributed by atoms with E-state index < -0.39 is 16.9 Å². The molecular formula is C12H12F2N4O2. The fraction of sp³-hybridized carbons (Fsp3) is 0.250. The molecule has 8 heteroatoms. The van der Waals surface area contributed by atoms with Crippen molar-refractivity contribution in [2.45, 2.75) is 13.3 Å². The van der Waals surface area contributed by atoms with Gasteiger partial charge in [-0.2, -0.15) is 5.10 Å². The largest absolute Gasteiger partial charge is 0.352 e. The SMILES string of the molecule is Cc1nn(C)cc1Nc1ccc([N+](=O)[O-])cc1C(F)F. The summed E-state index contributed by atoms with van der Waals surface area (Å²) in [5.74, 6) is 0. The number of nitrogens with zero attached hydrogens (tertiary/aromatic N) is 3. The van der Waals surface area contributed by atoms with Crippen LogP contribution < -0.4 is 5.32 Å². The highest BCUT2D eigenvalue weighted by atomic mass is 19.3. The first-order chi connectivity index (χ1) is 9.38. The molecule has 0 saturated carbocycles. The number of nitro groups is 1. The fourth-order valence-electron chi connectivity index (χ4n) is 1.83. The van der Waals surface area contributed by atoms with E-state index in [9.17, 15) is 18.9 Å². The number of rotatable bonds is 4. The second-order valence-corrected chi connectivity index (χ2v) is 4.26. The Morgan fingerprint density at radius 2 is 2.10 bits per heavy atom. The molecule has 2 rings (SSSR count). The maximum atomic E-state index is 13.0. The number of halogens is 2. The lowest BCUT2D eigenvalue weighted by Gasteiger charge is -2.10. The number of benzene rings is 1. The molecular weight excluding hydrogens is 270 g/mol. The summed E-state index contributed by atoms with van der Waals surface area (Å²) in [4.78, 5) is 9.93. The van der Waals surface area contributed by atoms with Crippen molar-refractivity contribution in [1.82, 2.24) is 9.78 Å². The van der Waals surface area contributed by atoms with Crippen LogP contribution in [-0.2, 0) is 7.05 Å². The van der Waals surface area contributed by atoms with Crippen molar-refractivity contribution in [1.29, 1.82) is 0 Å². The third kappa shape index (κ3) is 2.73. The predicted octanol–water partition coefficient (Wildman–Crippen LogP) is 3.32. The lowest BCUT2D eigenvalue weighted by molar-refractivity contribution is -0.385. The average molecular weight is 282 g/mol. The summed E-state index contributed by atoms with van der Waals surface area (Å²) < 4.78 is 27.5. The Bertz CT molecular complexity index is 655. The number of aryl methyl sites for hydroxylation is 2. The molecule has 6 nitrogen and oxygen atoms in total. The van der Waals surface area contributed by atoms with E-state index in [1.807, 2.05) is 0 Å². The van der Waals surface area contributed by atoms with Gasteiger partial charge in [0.1, 0.15) is 0 Å². The maximum Gasteiger partial charge on any atom is 0.270 e. The molecule has 106 valence electrons. The molecule has 0 fully saturated rings. The van der Waals surface area contributed by atoms with Crippen molar-refractivity contribution in [3.05, 3.63) is 45.8 Å². The Hall–Kier alpha value is -2.51. The van der Waals surface area contributed by atoms with Gasteiger partial charge in [0.05, 0.1) is 16.3 Å². The van der Waals surface area contributed by atoms with Crippen molar-refractivity contribution in [3.8, 4) is 0 Å². The van der Waals surface area contributed by atoms with Crippen LogP contribution in [0.4, 0.5) is 25.8 Å². The zero-order chi connectivity index (χ0) is 14.9. The second-order valence-electron chi connectivity index (χ2n) is 4.26. The number of aromatic nitrogens is 2. The van der Waals surface area contributed by atoms with Gasteiger partial charge >= 0.3 is 0 Å². The zero-order valence-electron chi connectivity index (χ0n) is 10.8. The van der Waals surface area contributed by atoms with E-state index in [4.69, 9.17) is 0 Å². The highest BCUT2D eigenvalue weighted by Gasteiger charge is 2.18. The van der Waals surface area contributed by atoms with Crippen molar-refractivity contribution in [2.75, 3.05) is 5.32 Å². The average Bonchev–Trinajstić information content (AvgIpc) is 2.67. The normalized spacial score (nSPS) is 10.8. The minimum Gasteiger partial charge on any atom is -0.352 e. The smallest absolute Gasteiger partial charge is 0.270 e. The number of nitro benzene ring substituents is 1. The van der Waals surface area contributed by atoms with Crippen molar-refractivity contribution >= 4 is 17.1 Å².